The molecule has 3 nitrogen and oxygen atoms in total. The van der Waals surface area contributed by atoms with Gasteiger partial charge in [-0.1, -0.05) is 351 Å². The maximum Gasteiger partial charge on any atom is 0.119 e. The molecule has 0 aromatic rings. The lowest BCUT2D eigenvalue weighted by Crippen LogP contribution is -2.24. The molecule has 0 N–H and O–H groups in total. The molecule has 438 valence electrons. The molecule has 0 saturated heterocycles. The molecule has 0 aliphatic heterocycles. The van der Waals surface area contributed by atoms with Crippen LogP contribution >= 0.6 is 0 Å². The van der Waals surface area contributed by atoms with E-state index in [2.05, 4.69) is 55.4 Å². The Morgan fingerprint density at radius 1 is 0.301 bits per heavy atom. The van der Waals surface area contributed by atoms with Gasteiger partial charge in [0.2, 0.25) is 0 Å². The van der Waals surface area contributed by atoms with Crippen molar-refractivity contribution < 1.29 is 14.3 Å². The molecule has 0 aliphatic rings. The molecule has 0 bridgehead atoms. The molecule has 0 aromatic heterocycles. The van der Waals surface area contributed by atoms with E-state index in [1.807, 2.05) is 0 Å². The minimum atomic E-state index is 0.374. The second kappa shape index (κ2) is 56.3. The Balaban J connectivity index is 3.29. The Morgan fingerprint density at radius 3 is 0.808 bits per heavy atom. The summed E-state index contributed by atoms with van der Waals surface area (Å²) in [5, 5.41) is 0. The smallest absolute Gasteiger partial charge is 0.119 e. The number of hydrogen-bond acceptors (Lipinski definition) is 3. The predicted molar refractivity (Wildman–Crippen MR) is 329 cm³/mol. The van der Waals surface area contributed by atoms with Crippen LogP contribution < -0.4 is 0 Å². The lowest BCUT2D eigenvalue weighted by atomic mass is 9.76. The Morgan fingerprint density at radius 2 is 0.548 bits per heavy atom. The maximum absolute atomic E-state index is 10.3. The van der Waals surface area contributed by atoms with Crippen molar-refractivity contribution in [2.24, 2.45) is 28.6 Å². The maximum atomic E-state index is 10.3. The SMILES string of the molecule is CC(CCC(COCCOCCCCCCCCCCCCCCCCCCCCCCCCCCCCCCCCCCCCCCCCCCCCCCCCCC=O)C(C)CC(C)(C)C)CC(C)(C)C. The van der Waals surface area contributed by atoms with Gasteiger partial charge in [-0.25, -0.2) is 0 Å². The van der Waals surface area contributed by atoms with Crippen LogP contribution in [-0.2, 0) is 14.3 Å². The van der Waals surface area contributed by atoms with E-state index in [1.54, 1.807) is 0 Å². The molecule has 3 atom stereocenters. The van der Waals surface area contributed by atoms with Crippen LogP contribution in [0.25, 0.3) is 0 Å². The molecule has 0 aromatic carbocycles. The van der Waals surface area contributed by atoms with Crippen LogP contribution in [0.3, 0.4) is 0 Å². The van der Waals surface area contributed by atoms with Gasteiger partial charge in [-0.15, -0.1) is 0 Å². The molecule has 3 heteroatoms. The lowest BCUT2D eigenvalue weighted by Gasteiger charge is -2.31. The summed E-state index contributed by atoms with van der Waals surface area (Å²) in [4.78, 5) is 10.3. The summed E-state index contributed by atoms with van der Waals surface area (Å²) in [5.74, 6) is 2.13. The van der Waals surface area contributed by atoms with E-state index in [0.717, 1.165) is 51.5 Å². The fraction of sp³-hybridized carbons (Fsp3) is 0.986. The zero-order valence-electron chi connectivity index (χ0n) is 52.1. The molecule has 0 fully saturated rings. The van der Waals surface area contributed by atoms with E-state index in [4.69, 9.17) is 9.47 Å². The summed E-state index contributed by atoms with van der Waals surface area (Å²) in [6, 6.07) is 0. The van der Waals surface area contributed by atoms with Crippen LogP contribution in [0.15, 0.2) is 0 Å². The summed E-state index contributed by atoms with van der Waals surface area (Å²) >= 11 is 0. The fourth-order valence-electron chi connectivity index (χ4n) is 12.2. The van der Waals surface area contributed by atoms with Crippen LogP contribution in [0, 0.1) is 28.6 Å². The molecule has 0 amide bonds. The number of unbranched alkanes of at least 4 members (excludes halogenated alkanes) is 47. The van der Waals surface area contributed by atoms with E-state index in [1.165, 1.54) is 321 Å². The van der Waals surface area contributed by atoms with Gasteiger partial charge in [-0.3, -0.25) is 0 Å². The number of hydrogen-bond donors (Lipinski definition) is 0. The van der Waals surface area contributed by atoms with Gasteiger partial charge in [0.05, 0.1) is 13.2 Å². The van der Waals surface area contributed by atoms with Gasteiger partial charge >= 0.3 is 0 Å². The van der Waals surface area contributed by atoms with Gasteiger partial charge in [0.25, 0.3) is 0 Å². The van der Waals surface area contributed by atoms with Crippen LogP contribution in [0.4, 0.5) is 0 Å². The van der Waals surface area contributed by atoms with Gasteiger partial charge in [-0.05, 0) is 60.7 Å². The highest BCUT2D eigenvalue weighted by Gasteiger charge is 2.25. The van der Waals surface area contributed by atoms with Crippen LogP contribution in [-0.4, -0.2) is 32.7 Å². The molecule has 3 unspecified atom stereocenters. The molecule has 0 aliphatic carbocycles. The van der Waals surface area contributed by atoms with Crippen molar-refractivity contribution >= 4 is 6.29 Å². The van der Waals surface area contributed by atoms with Crippen molar-refractivity contribution in [1.82, 2.24) is 0 Å². The summed E-state index contributed by atoms with van der Waals surface area (Å²) < 4.78 is 12.2. The van der Waals surface area contributed by atoms with Crippen molar-refractivity contribution in [2.45, 2.75) is 389 Å². The molecule has 0 radical (unpaired) electrons. The molecule has 0 rings (SSSR count). The summed E-state index contributed by atoms with van der Waals surface area (Å²) in [5.41, 5.74) is 0.791. The average molecular weight is 1030 g/mol. The highest BCUT2D eigenvalue weighted by molar-refractivity contribution is 5.48. The van der Waals surface area contributed by atoms with Crippen molar-refractivity contribution in [3.05, 3.63) is 0 Å². The van der Waals surface area contributed by atoms with Gasteiger partial charge in [-0.2, -0.15) is 0 Å². The third kappa shape index (κ3) is 62.3. The van der Waals surface area contributed by atoms with E-state index < -0.39 is 0 Å². The number of carbonyl (C=O) groups excluding carboxylic acids is 1. The van der Waals surface area contributed by atoms with Crippen molar-refractivity contribution in [3.8, 4) is 0 Å². The van der Waals surface area contributed by atoms with Crippen LogP contribution in [0.5, 0.6) is 0 Å². The third-order valence-electron chi connectivity index (χ3n) is 16.5. The number of rotatable bonds is 61. The monoisotopic (exact) mass is 1030 g/mol. The topological polar surface area (TPSA) is 35.5 Å². The fourth-order valence-corrected chi connectivity index (χ4v) is 12.2. The molecule has 73 heavy (non-hydrogen) atoms. The molecular formula is C70H140O3. The second-order valence-electron chi connectivity index (χ2n) is 27.2. The lowest BCUT2D eigenvalue weighted by molar-refractivity contribution is -0.107. The summed E-state index contributed by atoms with van der Waals surface area (Å²) in [6.07, 6.45) is 74.6. The first-order valence-electron chi connectivity index (χ1n) is 34.0. The number of ether oxygens (including phenoxy) is 2. The Labute approximate surface area is 462 Å². The molecule has 0 spiro atoms. The van der Waals surface area contributed by atoms with Gasteiger partial charge in [0, 0.05) is 19.6 Å². The quantitative estimate of drug-likeness (QED) is 0.0450. The standard InChI is InChI=1S/C70H140O3/c1-66(63-69(3,4)5)57-58-68(67(2)64-70(6,7)8)65-73-62-61-72-60-56-54-52-50-48-46-44-42-40-38-36-34-32-30-28-26-24-22-20-18-16-14-12-10-9-11-13-15-17-19-21-23-25-27-29-31-33-35-37-39-41-43-45-47-49-51-53-55-59-71/h59,66-68H,9-58,60-65H2,1-8H3. The average Bonchev–Trinajstić information content (AvgIpc) is 3.33. The molecular weight excluding hydrogens is 889 g/mol. The minimum absolute atomic E-state index is 0.374. The minimum Gasteiger partial charge on any atom is -0.379 e. The number of carbonyl (C=O) groups is 1. The van der Waals surface area contributed by atoms with Gasteiger partial charge in [0.15, 0.2) is 0 Å². The Bertz CT molecular complexity index is 1040. The first kappa shape index (κ1) is 72.6. The Kier molecular flexibility index (Phi) is 56.0. The van der Waals surface area contributed by atoms with Crippen molar-refractivity contribution in [1.29, 1.82) is 0 Å². The third-order valence-corrected chi connectivity index (χ3v) is 16.5. The predicted octanol–water partition coefficient (Wildman–Crippen LogP) is 24.5. The largest absolute Gasteiger partial charge is 0.379 e. The van der Waals surface area contributed by atoms with Crippen molar-refractivity contribution in [3.63, 3.8) is 0 Å². The number of aldehydes is 1. The summed E-state index contributed by atoms with van der Waals surface area (Å²) in [7, 11) is 0. The Hall–Kier alpha value is -0.410. The van der Waals surface area contributed by atoms with Crippen LogP contribution in [0.1, 0.15) is 389 Å². The summed E-state index contributed by atoms with van der Waals surface area (Å²) in [6.45, 7) is 22.4. The zero-order valence-corrected chi connectivity index (χ0v) is 52.1. The van der Waals surface area contributed by atoms with Gasteiger partial charge in [0.1, 0.15) is 6.29 Å². The van der Waals surface area contributed by atoms with E-state index in [-0.39, 0.29) is 0 Å². The normalized spacial score (nSPS) is 13.5. The van der Waals surface area contributed by atoms with Crippen molar-refractivity contribution in [2.75, 3.05) is 26.4 Å². The van der Waals surface area contributed by atoms with Crippen LogP contribution in [0.2, 0.25) is 0 Å². The van der Waals surface area contributed by atoms with E-state index >= 15 is 0 Å². The highest BCUT2D eigenvalue weighted by Crippen LogP contribution is 2.34. The highest BCUT2D eigenvalue weighted by atomic mass is 16.5. The molecule has 0 saturated carbocycles. The van der Waals surface area contributed by atoms with E-state index in [0.29, 0.717) is 22.7 Å². The second-order valence-corrected chi connectivity index (χ2v) is 27.2. The molecule has 0 heterocycles. The first-order valence-corrected chi connectivity index (χ1v) is 34.0. The zero-order chi connectivity index (χ0) is 53.5. The van der Waals surface area contributed by atoms with E-state index in [9.17, 15) is 4.79 Å². The first-order chi connectivity index (χ1) is 35.4. The van der Waals surface area contributed by atoms with Gasteiger partial charge < -0.3 is 14.3 Å².